The Kier molecular flexibility index (Phi) is 8.47. The minimum Gasteiger partial charge on any atom is -0.386 e. The average molecular weight is 383 g/mol. The molecule has 1 amide bonds. The molecule has 1 saturated heterocycles. The Balaban J connectivity index is 2.76. The Morgan fingerprint density at radius 1 is 1.22 bits per heavy atom. The molecule has 0 aromatic heterocycles. The number of carbonyl (C=O) groups is 1. The molecule has 0 aliphatic carbocycles. The summed E-state index contributed by atoms with van der Waals surface area (Å²) < 4.78 is 5.02. The van der Waals surface area contributed by atoms with Crippen LogP contribution in [0.5, 0.6) is 0 Å². The summed E-state index contributed by atoms with van der Waals surface area (Å²) in [6.45, 7) is 6.05. The summed E-state index contributed by atoms with van der Waals surface area (Å²) in [5, 5.41) is 20.2. The second-order valence-electron chi connectivity index (χ2n) is 6.64. The SMILES string of the molecule is CC(C)=CCC/C(C)=C/CNC(=O)C1OC(N=O)C(N=O)C(N)(N=O)C1O. The number of nitroso groups, excluding NO2 is 3. The summed E-state index contributed by atoms with van der Waals surface area (Å²) in [7, 11) is 0. The first-order chi connectivity index (χ1) is 12.7. The molecule has 1 aliphatic heterocycles. The van der Waals surface area contributed by atoms with Crippen LogP contribution in [0.2, 0.25) is 0 Å². The third-order valence-corrected chi connectivity index (χ3v) is 4.24. The number of nitrogens with zero attached hydrogens (tertiary/aromatic N) is 3. The third-order valence-electron chi connectivity index (χ3n) is 4.24. The molecule has 11 nitrogen and oxygen atoms in total. The molecule has 0 aromatic rings. The Labute approximate surface area is 156 Å². The molecular weight excluding hydrogens is 358 g/mol. The Morgan fingerprint density at radius 2 is 1.89 bits per heavy atom. The number of nitrogens with one attached hydrogen (secondary N) is 1. The van der Waals surface area contributed by atoms with E-state index in [1.165, 1.54) is 5.57 Å². The summed E-state index contributed by atoms with van der Waals surface area (Å²) in [4.78, 5) is 45.1. The van der Waals surface area contributed by atoms with Crippen molar-refractivity contribution in [3.8, 4) is 0 Å². The number of aliphatic hydroxyl groups excluding tert-OH is 1. The van der Waals surface area contributed by atoms with E-state index in [0.717, 1.165) is 18.4 Å². The van der Waals surface area contributed by atoms with Gasteiger partial charge in [-0.05, 0) is 44.0 Å². The van der Waals surface area contributed by atoms with Gasteiger partial charge in [0.25, 0.3) is 5.91 Å². The normalized spacial score (nSPS) is 30.9. The molecular formula is C16H25N5O6. The number of hydrogen-bond acceptors (Lipinski definition) is 10. The molecule has 1 fully saturated rings. The van der Waals surface area contributed by atoms with Gasteiger partial charge >= 0.3 is 0 Å². The van der Waals surface area contributed by atoms with Crippen LogP contribution in [0.4, 0.5) is 0 Å². The summed E-state index contributed by atoms with van der Waals surface area (Å²) in [5.41, 5.74) is 5.36. The van der Waals surface area contributed by atoms with Gasteiger partial charge in [-0.15, -0.1) is 9.81 Å². The molecule has 4 N–H and O–H groups in total. The fourth-order valence-electron chi connectivity index (χ4n) is 2.59. The van der Waals surface area contributed by atoms with Gasteiger partial charge in [0.2, 0.25) is 11.9 Å². The van der Waals surface area contributed by atoms with Crippen LogP contribution in [-0.2, 0) is 9.53 Å². The molecule has 0 radical (unpaired) electrons. The highest BCUT2D eigenvalue weighted by atomic mass is 16.5. The first kappa shape index (κ1) is 22.7. The molecule has 0 aromatic carbocycles. The van der Waals surface area contributed by atoms with E-state index in [4.69, 9.17) is 10.5 Å². The largest absolute Gasteiger partial charge is 0.386 e. The molecule has 5 atom stereocenters. The van der Waals surface area contributed by atoms with Gasteiger partial charge in [0.15, 0.2) is 12.1 Å². The number of carbonyl (C=O) groups excluding carboxylic acids is 1. The van der Waals surface area contributed by atoms with Crippen molar-refractivity contribution in [1.82, 2.24) is 5.32 Å². The van der Waals surface area contributed by atoms with Crippen molar-refractivity contribution in [3.63, 3.8) is 0 Å². The molecule has 27 heavy (non-hydrogen) atoms. The molecule has 5 unspecified atom stereocenters. The zero-order chi connectivity index (χ0) is 20.6. The van der Waals surface area contributed by atoms with Crippen molar-refractivity contribution in [2.75, 3.05) is 6.54 Å². The van der Waals surface area contributed by atoms with E-state index in [2.05, 4.69) is 26.9 Å². The van der Waals surface area contributed by atoms with Crippen LogP contribution < -0.4 is 11.1 Å². The Bertz CT molecular complexity index is 633. The predicted molar refractivity (Wildman–Crippen MR) is 98.2 cm³/mol. The van der Waals surface area contributed by atoms with Gasteiger partial charge in [0, 0.05) is 6.54 Å². The topological polar surface area (TPSA) is 173 Å². The molecule has 1 heterocycles. The highest BCUT2D eigenvalue weighted by Crippen LogP contribution is 2.32. The molecule has 150 valence electrons. The number of rotatable bonds is 9. The van der Waals surface area contributed by atoms with Crippen molar-refractivity contribution in [2.24, 2.45) is 21.3 Å². The van der Waals surface area contributed by atoms with E-state index in [1.807, 2.05) is 20.8 Å². The maximum atomic E-state index is 12.3. The predicted octanol–water partition coefficient (Wildman–Crippen LogP) is 1.20. The zero-order valence-electron chi connectivity index (χ0n) is 15.5. The lowest BCUT2D eigenvalue weighted by atomic mass is 9.87. The van der Waals surface area contributed by atoms with Crippen LogP contribution in [0.3, 0.4) is 0 Å². The van der Waals surface area contributed by atoms with E-state index in [0.29, 0.717) is 0 Å². The van der Waals surface area contributed by atoms with E-state index < -0.39 is 36.0 Å². The van der Waals surface area contributed by atoms with Gasteiger partial charge in [-0.2, -0.15) is 4.91 Å². The lowest BCUT2D eigenvalue weighted by molar-refractivity contribution is -0.175. The van der Waals surface area contributed by atoms with Gasteiger partial charge in [-0.3, -0.25) is 10.5 Å². The lowest BCUT2D eigenvalue weighted by Crippen LogP contribution is -2.71. The Morgan fingerprint density at radius 3 is 2.41 bits per heavy atom. The summed E-state index contributed by atoms with van der Waals surface area (Å²) in [6.07, 6.45) is 0.0758. The standard InChI is InChI=1S/C16H25N5O6/c1-9(2)5-4-6-10(3)7-8-18-14(23)11-13(22)16(17,21-26)12(19-24)15(20-25)27-11/h5,7,11-13,15,22H,4,6,8,17H2,1-3H3,(H,18,23)/b10-7+. The number of amides is 1. The number of aliphatic hydroxyl groups is 1. The van der Waals surface area contributed by atoms with Crippen LogP contribution in [0.25, 0.3) is 0 Å². The number of hydrogen-bond donors (Lipinski definition) is 3. The number of nitrogens with two attached hydrogens (primary N) is 1. The summed E-state index contributed by atoms with van der Waals surface area (Å²) in [5.74, 6) is -0.827. The van der Waals surface area contributed by atoms with Crippen molar-refractivity contribution >= 4 is 5.91 Å². The monoisotopic (exact) mass is 383 g/mol. The minimum absolute atomic E-state index is 0.132. The van der Waals surface area contributed by atoms with Crippen LogP contribution in [0, 0.1) is 14.7 Å². The van der Waals surface area contributed by atoms with Crippen molar-refractivity contribution in [3.05, 3.63) is 38.0 Å². The smallest absolute Gasteiger partial charge is 0.252 e. The van der Waals surface area contributed by atoms with Crippen LogP contribution >= 0.6 is 0 Å². The maximum Gasteiger partial charge on any atom is 0.252 e. The molecule has 0 saturated carbocycles. The fraction of sp³-hybridized carbons (Fsp3) is 0.688. The fourth-order valence-corrected chi connectivity index (χ4v) is 2.59. The molecule has 11 heteroatoms. The highest BCUT2D eigenvalue weighted by molar-refractivity contribution is 5.82. The second kappa shape index (κ2) is 10.1. The van der Waals surface area contributed by atoms with Crippen LogP contribution in [0.1, 0.15) is 33.6 Å². The van der Waals surface area contributed by atoms with Gasteiger partial charge in [0.05, 0.1) is 0 Å². The van der Waals surface area contributed by atoms with Crippen molar-refractivity contribution in [2.45, 2.75) is 63.8 Å². The minimum atomic E-state index is -2.50. The quantitative estimate of drug-likeness (QED) is 0.396. The maximum absolute atomic E-state index is 12.3. The van der Waals surface area contributed by atoms with E-state index in [-0.39, 0.29) is 6.54 Å². The third kappa shape index (κ3) is 5.55. The van der Waals surface area contributed by atoms with Gasteiger partial charge in [-0.25, -0.2) is 0 Å². The first-order valence-electron chi connectivity index (χ1n) is 8.39. The lowest BCUT2D eigenvalue weighted by Gasteiger charge is -2.41. The van der Waals surface area contributed by atoms with Crippen LogP contribution in [0.15, 0.2) is 38.8 Å². The molecule has 1 rings (SSSR count). The highest BCUT2D eigenvalue weighted by Gasteiger charge is 2.60. The van der Waals surface area contributed by atoms with Crippen LogP contribution in [-0.4, -0.2) is 47.7 Å². The van der Waals surface area contributed by atoms with Gasteiger partial charge in [-0.1, -0.05) is 28.5 Å². The summed E-state index contributed by atoms with van der Waals surface area (Å²) in [6, 6.07) is -1.84. The number of ether oxygens (including phenoxy) is 1. The number of allylic oxidation sites excluding steroid dienone is 3. The molecule has 0 spiro atoms. The van der Waals surface area contributed by atoms with Gasteiger partial charge < -0.3 is 15.2 Å². The molecule has 0 bridgehead atoms. The van der Waals surface area contributed by atoms with Crippen molar-refractivity contribution < 1.29 is 14.6 Å². The zero-order valence-corrected chi connectivity index (χ0v) is 15.5. The molecule has 1 aliphatic rings. The second-order valence-corrected chi connectivity index (χ2v) is 6.64. The van der Waals surface area contributed by atoms with E-state index >= 15 is 0 Å². The average Bonchev–Trinajstić information content (AvgIpc) is 2.63. The Hall–Kier alpha value is -2.37. The summed E-state index contributed by atoms with van der Waals surface area (Å²) >= 11 is 0. The van der Waals surface area contributed by atoms with E-state index in [9.17, 15) is 24.6 Å². The van der Waals surface area contributed by atoms with E-state index in [1.54, 1.807) is 6.08 Å². The first-order valence-corrected chi connectivity index (χ1v) is 8.39. The van der Waals surface area contributed by atoms with Gasteiger partial charge in [0.1, 0.15) is 6.10 Å². The van der Waals surface area contributed by atoms with Crippen molar-refractivity contribution in [1.29, 1.82) is 0 Å².